The van der Waals surface area contributed by atoms with Gasteiger partial charge in [-0.05, 0) is 61.8 Å². The Morgan fingerprint density at radius 2 is 1.84 bits per heavy atom. The van der Waals surface area contributed by atoms with Crippen LogP contribution in [0, 0.1) is 10.8 Å². The van der Waals surface area contributed by atoms with Gasteiger partial charge in [0.1, 0.15) is 5.75 Å². The highest BCUT2D eigenvalue weighted by Crippen LogP contribution is 2.45. The Hall–Kier alpha value is -3.48. The minimum atomic E-state index is -0.268. The van der Waals surface area contributed by atoms with Crippen LogP contribution in [-0.2, 0) is 6.42 Å². The molecule has 0 amide bonds. The quantitative estimate of drug-likeness (QED) is 0.249. The first-order valence-corrected chi connectivity index (χ1v) is 13.5. The number of pyridine rings is 1. The zero-order valence-corrected chi connectivity index (χ0v) is 24.1. The van der Waals surface area contributed by atoms with Crippen LogP contribution < -0.4 is 10.2 Å². The van der Waals surface area contributed by atoms with Crippen LogP contribution in [0.2, 0.25) is 0 Å². The van der Waals surface area contributed by atoms with Gasteiger partial charge < -0.3 is 14.2 Å². The van der Waals surface area contributed by atoms with Crippen molar-refractivity contribution in [2.45, 2.75) is 73.8 Å². The van der Waals surface area contributed by atoms with Gasteiger partial charge >= 0.3 is 0 Å². The Kier molecular flexibility index (Phi) is 9.13. The van der Waals surface area contributed by atoms with E-state index in [-0.39, 0.29) is 34.2 Å². The van der Waals surface area contributed by atoms with Crippen LogP contribution in [0.25, 0.3) is 16.8 Å². The first-order chi connectivity index (χ1) is 18.0. The van der Waals surface area contributed by atoms with E-state index < -0.39 is 0 Å². The summed E-state index contributed by atoms with van der Waals surface area (Å²) in [6.07, 6.45) is 8.11. The van der Waals surface area contributed by atoms with Gasteiger partial charge in [0.2, 0.25) is 5.96 Å². The molecule has 2 heterocycles. The SMILES string of the molecule is C/C=C(\C=NC(=N)N(CCC)CCC)c1cc2c(cc1OC)-c1cc(=O)c(C(C)=O)cn1C(C(C)(C)C)C2. The number of ether oxygens (including phenoxy) is 1. The van der Waals surface area contributed by atoms with E-state index in [4.69, 9.17) is 10.1 Å². The van der Waals surface area contributed by atoms with Crippen LogP contribution in [0.4, 0.5) is 0 Å². The van der Waals surface area contributed by atoms with Crippen molar-refractivity contribution in [1.29, 1.82) is 5.41 Å². The summed E-state index contributed by atoms with van der Waals surface area (Å²) in [6.45, 7) is 15.7. The van der Waals surface area contributed by atoms with Gasteiger partial charge in [-0.1, -0.05) is 40.7 Å². The van der Waals surface area contributed by atoms with Crippen LogP contribution in [0.5, 0.6) is 5.75 Å². The monoisotopic (exact) mass is 518 g/mol. The molecule has 1 aliphatic heterocycles. The molecule has 38 heavy (non-hydrogen) atoms. The molecule has 1 N–H and O–H groups in total. The lowest BCUT2D eigenvalue weighted by atomic mass is 9.78. The largest absolute Gasteiger partial charge is 0.496 e. The number of hydrogen-bond acceptors (Lipinski definition) is 4. The van der Waals surface area contributed by atoms with Gasteiger partial charge in [0.25, 0.3) is 0 Å². The summed E-state index contributed by atoms with van der Waals surface area (Å²) in [4.78, 5) is 31.5. The number of nitrogens with one attached hydrogen (secondary N) is 1. The lowest BCUT2D eigenvalue weighted by Gasteiger charge is -2.39. The van der Waals surface area contributed by atoms with Crippen molar-refractivity contribution in [1.82, 2.24) is 9.47 Å². The number of methoxy groups -OCH3 is 1. The first-order valence-electron chi connectivity index (χ1n) is 13.5. The van der Waals surface area contributed by atoms with Crippen LogP contribution in [0.1, 0.15) is 88.8 Å². The maximum absolute atomic E-state index is 12.9. The number of allylic oxidation sites excluding steroid dienone is 2. The molecule has 0 fully saturated rings. The third kappa shape index (κ3) is 5.98. The summed E-state index contributed by atoms with van der Waals surface area (Å²) in [6, 6.07) is 5.74. The van der Waals surface area contributed by atoms with Crippen LogP contribution >= 0.6 is 0 Å². The predicted octanol–water partition coefficient (Wildman–Crippen LogP) is 6.40. The molecule has 1 unspecified atom stereocenters. The van der Waals surface area contributed by atoms with Gasteiger partial charge in [0.15, 0.2) is 11.2 Å². The molecule has 1 aromatic carbocycles. The number of aromatic nitrogens is 1. The number of nitrogens with zero attached hydrogens (tertiary/aromatic N) is 3. The predicted molar refractivity (Wildman–Crippen MR) is 157 cm³/mol. The van der Waals surface area contributed by atoms with Gasteiger partial charge in [-0.2, -0.15) is 0 Å². The molecule has 7 nitrogen and oxygen atoms in total. The topological polar surface area (TPSA) is 87.8 Å². The molecule has 2 aromatic rings. The number of carbonyl (C=O) groups is 1. The molecule has 7 heteroatoms. The zero-order chi connectivity index (χ0) is 28.2. The number of benzene rings is 1. The van der Waals surface area contributed by atoms with Crippen molar-refractivity contribution < 1.29 is 9.53 Å². The molecule has 0 spiro atoms. The molecule has 1 aliphatic rings. The van der Waals surface area contributed by atoms with E-state index in [0.29, 0.717) is 5.75 Å². The highest BCUT2D eigenvalue weighted by Gasteiger charge is 2.34. The molecule has 3 rings (SSSR count). The smallest absolute Gasteiger partial charge is 0.217 e. The van der Waals surface area contributed by atoms with E-state index in [0.717, 1.165) is 60.3 Å². The number of rotatable bonds is 8. The number of hydrogen-bond donors (Lipinski definition) is 1. The van der Waals surface area contributed by atoms with Gasteiger partial charge in [0, 0.05) is 48.7 Å². The molecular weight excluding hydrogens is 476 g/mol. The second-order valence-corrected chi connectivity index (χ2v) is 11.0. The molecule has 1 aromatic heterocycles. The van der Waals surface area contributed by atoms with Gasteiger partial charge in [-0.3, -0.25) is 15.0 Å². The number of aliphatic imine (C=N–C) groups is 1. The van der Waals surface area contributed by atoms with E-state index in [2.05, 4.69) is 50.2 Å². The maximum Gasteiger partial charge on any atom is 0.217 e. The molecular formula is C31H42N4O3. The van der Waals surface area contributed by atoms with Crippen molar-refractivity contribution in [3.63, 3.8) is 0 Å². The fourth-order valence-corrected chi connectivity index (χ4v) is 5.12. The Balaban J connectivity index is 2.14. The van der Waals surface area contributed by atoms with Crippen LogP contribution in [0.15, 0.2) is 40.3 Å². The first kappa shape index (κ1) is 29.1. The van der Waals surface area contributed by atoms with Crippen LogP contribution in [0.3, 0.4) is 0 Å². The molecule has 204 valence electrons. The van der Waals surface area contributed by atoms with Crippen molar-refractivity contribution in [3.8, 4) is 17.0 Å². The van der Waals surface area contributed by atoms with E-state index in [1.54, 1.807) is 25.6 Å². The van der Waals surface area contributed by atoms with Crippen molar-refractivity contribution in [2.75, 3.05) is 20.2 Å². The molecule has 1 atom stereocenters. The lowest BCUT2D eigenvalue weighted by Crippen LogP contribution is -2.32. The second-order valence-electron chi connectivity index (χ2n) is 11.0. The fraction of sp³-hybridized carbons (Fsp3) is 0.484. The highest BCUT2D eigenvalue weighted by molar-refractivity contribution is 6.14. The summed E-state index contributed by atoms with van der Waals surface area (Å²) in [5, 5.41) is 8.49. The molecule has 0 saturated carbocycles. The van der Waals surface area contributed by atoms with E-state index >= 15 is 0 Å². The van der Waals surface area contributed by atoms with Gasteiger partial charge in [-0.15, -0.1) is 0 Å². The summed E-state index contributed by atoms with van der Waals surface area (Å²) in [7, 11) is 1.63. The number of Topliss-reactive ketones (excluding diaryl/α,β-unsaturated/α-hetero) is 1. The maximum atomic E-state index is 12.9. The Labute approximate surface area is 226 Å². The average molecular weight is 519 g/mol. The third-order valence-electron chi connectivity index (χ3n) is 7.14. The zero-order valence-electron chi connectivity index (χ0n) is 24.1. The number of guanidine groups is 1. The lowest BCUT2D eigenvalue weighted by molar-refractivity contribution is 0.101. The minimum absolute atomic E-state index is 0.0532. The standard InChI is InChI=1S/C31H42N4O3/c1-9-12-34(13-10-2)30(32)33-18-21(11-3)24-14-22-15-29(31(5,6)7)35-19-25(20(4)36)27(37)17-26(35)23(22)16-28(24)38-8/h11,14,16-19,29,32H,9-10,12-13,15H2,1-8H3/b21-11+,32-30?,33-18?. The molecule has 0 saturated heterocycles. The Morgan fingerprint density at radius 1 is 1.18 bits per heavy atom. The Bertz CT molecular complexity index is 1320. The van der Waals surface area contributed by atoms with Gasteiger partial charge in [0.05, 0.1) is 18.4 Å². The van der Waals surface area contributed by atoms with E-state index in [9.17, 15) is 9.59 Å². The van der Waals surface area contributed by atoms with Crippen molar-refractivity contribution in [3.05, 3.63) is 57.4 Å². The number of fused-ring (bicyclic) bond motifs is 3. The minimum Gasteiger partial charge on any atom is -0.496 e. The summed E-state index contributed by atoms with van der Waals surface area (Å²) in [5.41, 5.74) is 4.42. The fourth-order valence-electron chi connectivity index (χ4n) is 5.12. The average Bonchev–Trinajstić information content (AvgIpc) is 2.86. The van der Waals surface area contributed by atoms with E-state index in [1.807, 2.05) is 24.0 Å². The van der Waals surface area contributed by atoms with Crippen molar-refractivity contribution >= 4 is 23.5 Å². The number of ketones is 1. The molecule has 0 aliphatic carbocycles. The summed E-state index contributed by atoms with van der Waals surface area (Å²) >= 11 is 0. The molecule has 0 bridgehead atoms. The van der Waals surface area contributed by atoms with Crippen molar-refractivity contribution in [2.24, 2.45) is 10.4 Å². The highest BCUT2D eigenvalue weighted by atomic mass is 16.5. The summed E-state index contributed by atoms with van der Waals surface area (Å²) in [5.74, 6) is 0.695. The van der Waals surface area contributed by atoms with Gasteiger partial charge in [-0.25, -0.2) is 4.99 Å². The van der Waals surface area contributed by atoms with E-state index in [1.165, 1.54) is 6.92 Å². The third-order valence-corrected chi connectivity index (χ3v) is 7.14. The normalized spacial score (nSPS) is 15.3. The van der Waals surface area contributed by atoms with Crippen LogP contribution in [-0.4, -0.2) is 47.6 Å². The number of carbonyl (C=O) groups excluding carboxylic acids is 1. The molecule has 0 radical (unpaired) electrons. The Morgan fingerprint density at radius 3 is 2.37 bits per heavy atom. The second kappa shape index (κ2) is 11.9. The summed E-state index contributed by atoms with van der Waals surface area (Å²) < 4.78 is 7.91.